The molecule has 0 radical (unpaired) electrons. The lowest BCUT2D eigenvalue weighted by molar-refractivity contribution is 0.0736. The third kappa shape index (κ3) is 2.84. The van der Waals surface area contributed by atoms with Gasteiger partial charge in [0, 0.05) is 32.4 Å². The standard InChI is InChI=1S/C12H20N4O.ClH/c1-9-11(8-15(3)14-9)12(17)16-6-4-5-10(16)7-13-2;/h8,10,13H,4-7H2,1-3H3;1H. The molecule has 0 bridgehead atoms. The Bertz CT molecular complexity index is 418. The molecule has 0 aliphatic carbocycles. The molecule has 1 N–H and O–H groups in total. The van der Waals surface area contributed by atoms with Gasteiger partial charge in [-0.1, -0.05) is 0 Å². The Kier molecular flexibility index (Phi) is 5.16. The summed E-state index contributed by atoms with van der Waals surface area (Å²) in [6.07, 6.45) is 4.00. The number of aromatic nitrogens is 2. The normalized spacial score (nSPS) is 18.8. The Hall–Kier alpha value is -1.07. The molecule has 1 unspecified atom stereocenters. The van der Waals surface area contributed by atoms with Crippen LogP contribution in [-0.4, -0.2) is 46.8 Å². The second-order valence-corrected chi connectivity index (χ2v) is 4.65. The lowest BCUT2D eigenvalue weighted by Gasteiger charge is -2.24. The van der Waals surface area contributed by atoms with E-state index in [4.69, 9.17) is 0 Å². The third-order valence-electron chi connectivity index (χ3n) is 3.32. The highest BCUT2D eigenvalue weighted by Crippen LogP contribution is 2.20. The molecule has 2 rings (SSSR count). The van der Waals surface area contributed by atoms with E-state index in [9.17, 15) is 4.79 Å². The highest BCUT2D eigenvalue weighted by Gasteiger charge is 2.30. The molecule has 1 aromatic rings. The third-order valence-corrected chi connectivity index (χ3v) is 3.32. The lowest BCUT2D eigenvalue weighted by atomic mass is 10.2. The van der Waals surface area contributed by atoms with E-state index in [-0.39, 0.29) is 18.3 Å². The molecule has 1 aliphatic rings. The molecule has 1 atom stereocenters. The predicted molar refractivity (Wildman–Crippen MR) is 73.2 cm³/mol. The average molecular weight is 273 g/mol. The predicted octanol–water partition coefficient (Wildman–Crippen LogP) is 0.974. The van der Waals surface area contributed by atoms with E-state index in [1.807, 2.05) is 32.1 Å². The molecule has 1 fully saturated rings. The Balaban J connectivity index is 0.00000162. The van der Waals surface area contributed by atoms with Gasteiger partial charge >= 0.3 is 0 Å². The van der Waals surface area contributed by atoms with Crippen LogP contribution in [0, 0.1) is 6.92 Å². The van der Waals surface area contributed by atoms with Crippen molar-refractivity contribution in [1.29, 1.82) is 0 Å². The van der Waals surface area contributed by atoms with Gasteiger partial charge in [0.05, 0.1) is 11.3 Å². The fraction of sp³-hybridized carbons (Fsp3) is 0.667. The molecule has 0 saturated carbocycles. The zero-order chi connectivity index (χ0) is 12.4. The fourth-order valence-corrected chi connectivity index (χ4v) is 2.52. The smallest absolute Gasteiger partial charge is 0.257 e. The molecule has 1 aromatic heterocycles. The van der Waals surface area contributed by atoms with Gasteiger partial charge in [0.25, 0.3) is 5.91 Å². The molecule has 1 aliphatic heterocycles. The molecule has 2 heterocycles. The summed E-state index contributed by atoms with van der Waals surface area (Å²) >= 11 is 0. The zero-order valence-corrected chi connectivity index (χ0v) is 12.0. The van der Waals surface area contributed by atoms with Gasteiger partial charge < -0.3 is 10.2 Å². The topological polar surface area (TPSA) is 50.2 Å². The van der Waals surface area contributed by atoms with E-state index < -0.39 is 0 Å². The first-order valence-electron chi connectivity index (χ1n) is 6.09. The van der Waals surface area contributed by atoms with Gasteiger partial charge in [0.2, 0.25) is 0 Å². The maximum Gasteiger partial charge on any atom is 0.257 e. The summed E-state index contributed by atoms with van der Waals surface area (Å²) in [4.78, 5) is 14.4. The number of hydrogen-bond donors (Lipinski definition) is 1. The van der Waals surface area contributed by atoms with Crippen LogP contribution < -0.4 is 5.32 Å². The number of carbonyl (C=O) groups is 1. The van der Waals surface area contributed by atoms with Crippen molar-refractivity contribution in [3.05, 3.63) is 17.5 Å². The summed E-state index contributed by atoms with van der Waals surface area (Å²) in [6, 6.07) is 0.326. The number of aryl methyl sites for hydroxylation is 2. The largest absolute Gasteiger partial charge is 0.334 e. The molecule has 1 saturated heterocycles. The average Bonchev–Trinajstić information content (AvgIpc) is 2.85. The first kappa shape index (κ1) is 15.0. The number of nitrogens with one attached hydrogen (secondary N) is 1. The molecule has 1 amide bonds. The summed E-state index contributed by atoms with van der Waals surface area (Å²) in [5.41, 5.74) is 1.54. The highest BCUT2D eigenvalue weighted by molar-refractivity contribution is 5.95. The van der Waals surface area contributed by atoms with Crippen molar-refractivity contribution >= 4 is 18.3 Å². The van der Waals surface area contributed by atoms with Crippen LogP contribution >= 0.6 is 12.4 Å². The summed E-state index contributed by atoms with van der Waals surface area (Å²) in [5, 5.41) is 7.38. The number of hydrogen-bond acceptors (Lipinski definition) is 3. The molecule has 102 valence electrons. The Labute approximate surface area is 114 Å². The molecule has 6 heteroatoms. The Morgan fingerprint density at radius 3 is 2.89 bits per heavy atom. The number of carbonyl (C=O) groups excluding carboxylic acids is 1. The van der Waals surface area contributed by atoms with E-state index in [1.54, 1.807) is 4.68 Å². The van der Waals surface area contributed by atoms with E-state index in [1.165, 1.54) is 0 Å². The van der Waals surface area contributed by atoms with Crippen LogP contribution in [0.1, 0.15) is 28.9 Å². The van der Waals surface area contributed by atoms with Crippen LogP contribution in [0.2, 0.25) is 0 Å². The van der Waals surface area contributed by atoms with E-state index >= 15 is 0 Å². The molecular formula is C12H21ClN4O. The maximum absolute atomic E-state index is 12.4. The minimum atomic E-state index is 0. The van der Waals surface area contributed by atoms with Crippen molar-refractivity contribution in [3.8, 4) is 0 Å². The van der Waals surface area contributed by atoms with Gasteiger partial charge in [-0.15, -0.1) is 12.4 Å². The number of likely N-dealkylation sites (N-methyl/N-ethyl adjacent to an activating group) is 1. The van der Waals surface area contributed by atoms with Crippen LogP contribution in [0.3, 0.4) is 0 Å². The molecule has 0 aromatic carbocycles. The van der Waals surface area contributed by atoms with Crippen molar-refractivity contribution in [2.45, 2.75) is 25.8 Å². The SMILES string of the molecule is CNCC1CCCN1C(=O)c1cn(C)nc1C.Cl. The number of nitrogens with zero attached hydrogens (tertiary/aromatic N) is 3. The zero-order valence-electron chi connectivity index (χ0n) is 11.1. The first-order valence-corrected chi connectivity index (χ1v) is 6.09. The second kappa shape index (κ2) is 6.20. The van der Waals surface area contributed by atoms with Crippen molar-refractivity contribution in [3.63, 3.8) is 0 Å². The monoisotopic (exact) mass is 272 g/mol. The molecule has 18 heavy (non-hydrogen) atoms. The van der Waals surface area contributed by atoms with Gasteiger partial charge in [-0.2, -0.15) is 5.10 Å². The quantitative estimate of drug-likeness (QED) is 0.892. The van der Waals surface area contributed by atoms with Crippen molar-refractivity contribution < 1.29 is 4.79 Å². The first-order chi connectivity index (χ1) is 8.13. The van der Waals surface area contributed by atoms with E-state index in [0.717, 1.165) is 37.2 Å². The molecular weight excluding hydrogens is 252 g/mol. The van der Waals surface area contributed by atoms with Crippen LogP contribution in [0.4, 0.5) is 0 Å². The number of amides is 1. The Morgan fingerprint density at radius 2 is 2.33 bits per heavy atom. The number of halogens is 1. The van der Waals surface area contributed by atoms with Gasteiger partial charge in [0.15, 0.2) is 0 Å². The van der Waals surface area contributed by atoms with Crippen molar-refractivity contribution in [2.75, 3.05) is 20.1 Å². The fourth-order valence-electron chi connectivity index (χ4n) is 2.52. The van der Waals surface area contributed by atoms with Crippen LogP contribution in [0.15, 0.2) is 6.20 Å². The molecule has 5 nitrogen and oxygen atoms in total. The van der Waals surface area contributed by atoms with Gasteiger partial charge in [-0.05, 0) is 26.8 Å². The van der Waals surface area contributed by atoms with Gasteiger partial charge in [-0.3, -0.25) is 9.48 Å². The lowest BCUT2D eigenvalue weighted by Crippen LogP contribution is -2.40. The molecule has 0 spiro atoms. The number of rotatable bonds is 3. The van der Waals surface area contributed by atoms with Gasteiger partial charge in [-0.25, -0.2) is 0 Å². The number of likely N-dealkylation sites (tertiary alicyclic amines) is 1. The maximum atomic E-state index is 12.4. The van der Waals surface area contributed by atoms with Crippen molar-refractivity contribution in [1.82, 2.24) is 20.0 Å². The second-order valence-electron chi connectivity index (χ2n) is 4.65. The van der Waals surface area contributed by atoms with E-state index in [0.29, 0.717) is 6.04 Å². The summed E-state index contributed by atoms with van der Waals surface area (Å²) in [7, 11) is 3.77. The minimum absolute atomic E-state index is 0. The summed E-state index contributed by atoms with van der Waals surface area (Å²) < 4.78 is 1.70. The summed E-state index contributed by atoms with van der Waals surface area (Å²) in [6.45, 7) is 3.61. The van der Waals surface area contributed by atoms with Crippen LogP contribution in [-0.2, 0) is 7.05 Å². The van der Waals surface area contributed by atoms with E-state index in [2.05, 4.69) is 10.4 Å². The van der Waals surface area contributed by atoms with Gasteiger partial charge in [0.1, 0.15) is 0 Å². The van der Waals surface area contributed by atoms with Crippen LogP contribution in [0.25, 0.3) is 0 Å². The minimum Gasteiger partial charge on any atom is -0.334 e. The van der Waals surface area contributed by atoms with Crippen molar-refractivity contribution in [2.24, 2.45) is 7.05 Å². The summed E-state index contributed by atoms with van der Waals surface area (Å²) in [5.74, 6) is 0.119. The van der Waals surface area contributed by atoms with Crippen LogP contribution in [0.5, 0.6) is 0 Å². The Morgan fingerprint density at radius 1 is 1.61 bits per heavy atom. The highest BCUT2D eigenvalue weighted by atomic mass is 35.5.